The lowest BCUT2D eigenvalue weighted by Gasteiger charge is -2.34. The highest BCUT2D eigenvalue weighted by atomic mass is 32.2. The maximum Gasteiger partial charge on any atom is 0.240 e. The number of hydrogen-bond acceptors (Lipinski definition) is 3. The molecule has 1 fully saturated rings. The zero-order valence-electron chi connectivity index (χ0n) is 12.7. The van der Waals surface area contributed by atoms with E-state index in [1.807, 2.05) is 0 Å². The molecule has 118 valence electrons. The van der Waals surface area contributed by atoms with Gasteiger partial charge in [0.2, 0.25) is 10.0 Å². The monoisotopic (exact) mass is 311 g/mol. The summed E-state index contributed by atoms with van der Waals surface area (Å²) in [5, 5.41) is 9.02. The summed E-state index contributed by atoms with van der Waals surface area (Å²) >= 11 is 0. The number of benzene rings is 1. The van der Waals surface area contributed by atoms with E-state index in [4.69, 9.17) is 5.11 Å². The summed E-state index contributed by atoms with van der Waals surface area (Å²) in [6.07, 6.45) is 4.28. The predicted molar refractivity (Wildman–Crippen MR) is 83.3 cm³/mol. The SMILES string of the molecule is CC(C)C1CCCCC1NS(=O)(=O)c1ccc(CO)cc1. The Morgan fingerprint density at radius 1 is 1.19 bits per heavy atom. The molecule has 0 saturated heterocycles. The molecule has 2 N–H and O–H groups in total. The van der Waals surface area contributed by atoms with Crippen LogP contribution in [0.1, 0.15) is 45.1 Å². The van der Waals surface area contributed by atoms with Crippen LogP contribution < -0.4 is 4.72 Å². The van der Waals surface area contributed by atoms with E-state index in [0.29, 0.717) is 17.4 Å². The third-order valence-electron chi connectivity index (χ3n) is 4.40. The average Bonchev–Trinajstić information content (AvgIpc) is 2.47. The van der Waals surface area contributed by atoms with Gasteiger partial charge in [0.1, 0.15) is 0 Å². The molecule has 0 heterocycles. The molecule has 1 aromatic carbocycles. The standard InChI is InChI=1S/C16H25NO3S/c1-12(2)15-5-3-4-6-16(15)17-21(19,20)14-9-7-13(11-18)8-10-14/h7-10,12,15-18H,3-6,11H2,1-2H3. The minimum atomic E-state index is -3.48. The van der Waals surface area contributed by atoms with E-state index in [1.54, 1.807) is 24.3 Å². The second-order valence-electron chi connectivity index (χ2n) is 6.22. The number of sulfonamides is 1. The van der Waals surface area contributed by atoms with Crippen molar-refractivity contribution in [3.05, 3.63) is 29.8 Å². The molecule has 0 amide bonds. The maximum absolute atomic E-state index is 12.5. The second kappa shape index (κ2) is 6.90. The summed E-state index contributed by atoms with van der Waals surface area (Å²) in [7, 11) is -3.48. The Kier molecular flexibility index (Phi) is 5.41. The van der Waals surface area contributed by atoms with Crippen molar-refractivity contribution in [1.29, 1.82) is 0 Å². The maximum atomic E-state index is 12.5. The van der Waals surface area contributed by atoms with E-state index in [-0.39, 0.29) is 17.5 Å². The van der Waals surface area contributed by atoms with Gasteiger partial charge in [0.25, 0.3) is 0 Å². The molecule has 2 unspecified atom stereocenters. The van der Waals surface area contributed by atoms with Crippen LogP contribution in [0.4, 0.5) is 0 Å². The summed E-state index contributed by atoms with van der Waals surface area (Å²) in [6, 6.07) is 6.44. The zero-order valence-corrected chi connectivity index (χ0v) is 13.6. The minimum Gasteiger partial charge on any atom is -0.392 e. The van der Waals surface area contributed by atoms with Crippen molar-refractivity contribution in [3.63, 3.8) is 0 Å². The molecule has 0 aromatic heterocycles. The van der Waals surface area contributed by atoms with Crippen LogP contribution in [0.25, 0.3) is 0 Å². The molecule has 0 bridgehead atoms. The van der Waals surface area contributed by atoms with Crippen molar-refractivity contribution in [2.24, 2.45) is 11.8 Å². The van der Waals surface area contributed by atoms with Crippen molar-refractivity contribution >= 4 is 10.0 Å². The molecule has 1 aliphatic rings. The summed E-state index contributed by atoms with van der Waals surface area (Å²) < 4.78 is 27.9. The third-order valence-corrected chi connectivity index (χ3v) is 5.90. The Hall–Kier alpha value is -0.910. The van der Waals surface area contributed by atoms with Crippen molar-refractivity contribution in [2.75, 3.05) is 0 Å². The molecule has 1 aromatic rings. The van der Waals surface area contributed by atoms with Crippen LogP contribution in [0.2, 0.25) is 0 Å². The van der Waals surface area contributed by atoms with Gasteiger partial charge in [-0.25, -0.2) is 13.1 Å². The summed E-state index contributed by atoms with van der Waals surface area (Å²) in [6.45, 7) is 4.24. The van der Waals surface area contributed by atoms with Gasteiger partial charge >= 0.3 is 0 Å². The summed E-state index contributed by atoms with van der Waals surface area (Å²) in [5.41, 5.74) is 0.715. The Balaban J connectivity index is 2.15. The van der Waals surface area contributed by atoms with E-state index in [0.717, 1.165) is 19.3 Å². The lowest BCUT2D eigenvalue weighted by Crippen LogP contribution is -2.43. The van der Waals surface area contributed by atoms with E-state index < -0.39 is 10.0 Å². The van der Waals surface area contributed by atoms with Crippen LogP contribution >= 0.6 is 0 Å². The molecule has 2 atom stereocenters. The number of aliphatic hydroxyl groups is 1. The largest absolute Gasteiger partial charge is 0.392 e. The van der Waals surface area contributed by atoms with Crippen LogP contribution in [-0.2, 0) is 16.6 Å². The molecule has 0 spiro atoms. The normalized spacial score (nSPS) is 23.4. The number of hydrogen-bond donors (Lipinski definition) is 2. The van der Waals surface area contributed by atoms with Gasteiger partial charge in [-0.15, -0.1) is 0 Å². The van der Waals surface area contributed by atoms with Gasteiger partial charge < -0.3 is 5.11 Å². The van der Waals surface area contributed by atoms with Gasteiger partial charge in [-0.2, -0.15) is 0 Å². The van der Waals surface area contributed by atoms with Gasteiger partial charge in [0.05, 0.1) is 11.5 Å². The van der Waals surface area contributed by atoms with E-state index in [1.165, 1.54) is 6.42 Å². The van der Waals surface area contributed by atoms with Crippen LogP contribution in [0.5, 0.6) is 0 Å². The zero-order chi connectivity index (χ0) is 15.5. The molecule has 1 aliphatic carbocycles. The minimum absolute atomic E-state index is 0.0290. The van der Waals surface area contributed by atoms with Crippen LogP contribution in [0, 0.1) is 11.8 Å². The van der Waals surface area contributed by atoms with Crippen molar-refractivity contribution in [3.8, 4) is 0 Å². The average molecular weight is 311 g/mol. The second-order valence-corrected chi connectivity index (χ2v) is 7.94. The first-order chi connectivity index (χ1) is 9.94. The van der Waals surface area contributed by atoms with Gasteiger partial charge in [0, 0.05) is 6.04 Å². The fraction of sp³-hybridized carbons (Fsp3) is 0.625. The lowest BCUT2D eigenvalue weighted by molar-refractivity contribution is 0.226. The summed E-state index contributed by atoms with van der Waals surface area (Å²) in [4.78, 5) is 0.271. The fourth-order valence-electron chi connectivity index (χ4n) is 3.15. The number of rotatable bonds is 5. The van der Waals surface area contributed by atoms with Gasteiger partial charge in [-0.3, -0.25) is 0 Å². The first kappa shape index (κ1) is 16.5. The molecular formula is C16H25NO3S. The Morgan fingerprint density at radius 3 is 2.38 bits per heavy atom. The molecule has 0 aliphatic heterocycles. The molecular weight excluding hydrogens is 286 g/mol. The van der Waals surface area contributed by atoms with Crippen LogP contribution in [0.3, 0.4) is 0 Å². The molecule has 1 saturated carbocycles. The summed E-state index contributed by atoms with van der Waals surface area (Å²) in [5.74, 6) is 0.889. The van der Waals surface area contributed by atoms with Gasteiger partial charge in [-0.1, -0.05) is 38.8 Å². The smallest absolute Gasteiger partial charge is 0.240 e. The van der Waals surface area contributed by atoms with Gasteiger partial charge in [-0.05, 0) is 42.4 Å². The highest BCUT2D eigenvalue weighted by Crippen LogP contribution is 2.31. The molecule has 5 heteroatoms. The first-order valence-corrected chi connectivity index (χ1v) is 9.14. The first-order valence-electron chi connectivity index (χ1n) is 7.66. The predicted octanol–water partition coefficient (Wildman–Crippen LogP) is 2.67. The van der Waals surface area contributed by atoms with Crippen LogP contribution in [0.15, 0.2) is 29.2 Å². The highest BCUT2D eigenvalue weighted by Gasteiger charge is 2.31. The number of nitrogens with one attached hydrogen (secondary N) is 1. The van der Waals surface area contributed by atoms with E-state index in [2.05, 4.69) is 18.6 Å². The van der Waals surface area contributed by atoms with E-state index in [9.17, 15) is 8.42 Å². The van der Waals surface area contributed by atoms with Crippen molar-refractivity contribution < 1.29 is 13.5 Å². The topological polar surface area (TPSA) is 66.4 Å². The Bertz CT molecular complexity index is 551. The third kappa shape index (κ3) is 4.05. The fourth-order valence-corrected chi connectivity index (χ4v) is 4.47. The number of aliphatic hydroxyl groups excluding tert-OH is 1. The van der Waals surface area contributed by atoms with E-state index >= 15 is 0 Å². The van der Waals surface area contributed by atoms with Crippen molar-refractivity contribution in [1.82, 2.24) is 4.72 Å². The Morgan fingerprint density at radius 2 is 1.81 bits per heavy atom. The molecule has 2 rings (SSSR count). The quantitative estimate of drug-likeness (QED) is 0.878. The molecule has 21 heavy (non-hydrogen) atoms. The lowest BCUT2D eigenvalue weighted by atomic mass is 9.78. The Labute approximate surface area is 127 Å². The van der Waals surface area contributed by atoms with Crippen molar-refractivity contribution in [2.45, 2.75) is 57.1 Å². The highest BCUT2D eigenvalue weighted by molar-refractivity contribution is 7.89. The van der Waals surface area contributed by atoms with Gasteiger partial charge in [0.15, 0.2) is 0 Å². The van der Waals surface area contributed by atoms with Crippen LogP contribution in [-0.4, -0.2) is 19.6 Å². The molecule has 4 nitrogen and oxygen atoms in total. The molecule has 0 radical (unpaired) electrons.